The Morgan fingerprint density at radius 1 is 0.929 bits per heavy atom. The molecule has 4 rings (SSSR count). The van der Waals surface area contributed by atoms with Crippen LogP contribution in [0.5, 0.6) is 0 Å². The van der Waals surface area contributed by atoms with Crippen LogP contribution in [0.4, 0.5) is 0 Å². The summed E-state index contributed by atoms with van der Waals surface area (Å²) in [5, 5.41) is 0. The molecule has 3 heterocycles. The quantitative estimate of drug-likeness (QED) is 0.786. The highest BCUT2D eigenvalue weighted by molar-refractivity contribution is 5.38. The summed E-state index contributed by atoms with van der Waals surface area (Å²) in [5.41, 5.74) is 8.43. The van der Waals surface area contributed by atoms with Gasteiger partial charge >= 0.3 is 0 Å². The first-order chi connectivity index (χ1) is 13.6. The van der Waals surface area contributed by atoms with E-state index in [4.69, 9.17) is 0 Å². The molecule has 150 valence electrons. The van der Waals surface area contributed by atoms with Gasteiger partial charge in [0.15, 0.2) is 0 Å². The van der Waals surface area contributed by atoms with Crippen LogP contribution in [-0.2, 0) is 19.3 Å². The van der Waals surface area contributed by atoms with Crippen LogP contribution in [0.25, 0.3) is 0 Å². The molecule has 1 aromatic heterocycles. The molecule has 1 fully saturated rings. The number of hydrogen-bond donors (Lipinski definition) is 0. The lowest BCUT2D eigenvalue weighted by atomic mass is 9.97. The minimum atomic E-state index is 0.829. The van der Waals surface area contributed by atoms with Gasteiger partial charge in [0.05, 0.1) is 0 Å². The fourth-order valence-corrected chi connectivity index (χ4v) is 4.89. The predicted molar refractivity (Wildman–Crippen MR) is 117 cm³/mol. The van der Waals surface area contributed by atoms with E-state index in [1.165, 1.54) is 68.8 Å². The van der Waals surface area contributed by atoms with Crippen molar-refractivity contribution < 1.29 is 0 Å². The molecule has 0 bridgehead atoms. The van der Waals surface area contributed by atoms with Gasteiger partial charge in [0.25, 0.3) is 0 Å². The largest absolute Gasteiger partial charge is 0.303 e. The fourth-order valence-electron chi connectivity index (χ4n) is 4.89. The lowest BCUT2D eigenvalue weighted by molar-refractivity contribution is 0.234. The van der Waals surface area contributed by atoms with Crippen LogP contribution in [0.2, 0.25) is 0 Å². The van der Waals surface area contributed by atoms with Gasteiger partial charge in [-0.25, -0.2) is 0 Å². The van der Waals surface area contributed by atoms with E-state index in [2.05, 4.69) is 65.9 Å². The second kappa shape index (κ2) is 8.75. The summed E-state index contributed by atoms with van der Waals surface area (Å²) < 4.78 is 0. The number of hydrogen-bond acceptors (Lipinski definition) is 3. The lowest BCUT2D eigenvalue weighted by Crippen LogP contribution is -2.33. The number of rotatable bonds is 5. The molecule has 0 amide bonds. The summed E-state index contributed by atoms with van der Waals surface area (Å²) in [7, 11) is 0. The molecule has 2 aliphatic heterocycles. The molecule has 3 nitrogen and oxygen atoms in total. The third-order valence-electron chi connectivity index (χ3n) is 6.73. The normalized spacial score (nSPS) is 20.9. The van der Waals surface area contributed by atoms with Crippen LogP contribution in [0.3, 0.4) is 0 Å². The average Bonchev–Trinajstić information content (AvgIpc) is 3.03. The maximum atomic E-state index is 4.65. The van der Waals surface area contributed by atoms with E-state index in [1.807, 2.05) is 0 Å². The van der Waals surface area contributed by atoms with Crippen LogP contribution in [0.15, 0.2) is 30.3 Å². The number of aromatic nitrogens is 1. The molecule has 0 N–H and O–H groups in total. The van der Waals surface area contributed by atoms with Crippen LogP contribution in [0, 0.1) is 26.7 Å². The Morgan fingerprint density at radius 3 is 2.32 bits per heavy atom. The van der Waals surface area contributed by atoms with Crippen molar-refractivity contribution in [1.82, 2.24) is 14.8 Å². The zero-order valence-corrected chi connectivity index (χ0v) is 17.9. The lowest BCUT2D eigenvalue weighted by Gasteiger charge is -2.24. The molecule has 2 aromatic rings. The van der Waals surface area contributed by atoms with Crippen LogP contribution >= 0.6 is 0 Å². The molecular formula is C25H35N3. The van der Waals surface area contributed by atoms with Crippen molar-refractivity contribution in [3.05, 3.63) is 64.0 Å². The highest BCUT2D eigenvalue weighted by Crippen LogP contribution is 2.23. The van der Waals surface area contributed by atoms with Gasteiger partial charge in [-0.15, -0.1) is 0 Å². The average molecular weight is 378 g/mol. The van der Waals surface area contributed by atoms with E-state index >= 15 is 0 Å². The Labute approximate surface area is 170 Å². The number of benzene rings is 1. The van der Waals surface area contributed by atoms with Gasteiger partial charge in [0.1, 0.15) is 0 Å². The Kier molecular flexibility index (Phi) is 6.13. The van der Waals surface area contributed by atoms with Gasteiger partial charge in [-0.05, 0) is 86.9 Å². The minimum Gasteiger partial charge on any atom is -0.303 e. The van der Waals surface area contributed by atoms with Crippen molar-refractivity contribution in [3.63, 3.8) is 0 Å². The van der Waals surface area contributed by atoms with Crippen LogP contribution < -0.4 is 0 Å². The second-order valence-electron chi connectivity index (χ2n) is 8.98. The van der Waals surface area contributed by atoms with Crippen molar-refractivity contribution in [2.45, 2.75) is 46.5 Å². The molecule has 28 heavy (non-hydrogen) atoms. The van der Waals surface area contributed by atoms with E-state index in [0.717, 1.165) is 24.6 Å². The Hall–Kier alpha value is -1.71. The van der Waals surface area contributed by atoms with Gasteiger partial charge < -0.3 is 9.80 Å². The SMILES string of the molecule is Cc1cccc(CCN2CCC(CN3CCc4cc(C)c(C)cc4CC3)C2)n1. The maximum Gasteiger partial charge on any atom is 0.0419 e. The summed E-state index contributed by atoms with van der Waals surface area (Å²) in [6.45, 7) is 13.9. The standard InChI is InChI=1S/C25H35N3/c1-19-15-23-8-12-28(13-9-24(23)16-20(19)2)18-22-7-11-27(17-22)14-10-25-6-4-5-21(3)26-25/h4-6,15-16,22H,7-14,17-18H2,1-3H3. The first-order valence-corrected chi connectivity index (χ1v) is 11.0. The molecule has 1 saturated heterocycles. The van der Waals surface area contributed by atoms with Crippen molar-refractivity contribution in [2.24, 2.45) is 5.92 Å². The molecule has 0 spiro atoms. The molecule has 0 radical (unpaired) electrons. The van der Waals surface area contributed by atoms with Gasteiger partial charge in [0.2, 0.25) is 0 Å². The summed E-state index contributed by atoms with van der Waals surface area (Å²) in [4.78, 5) is 10.0. The smallest absolute Gasteiger partial charge is 0.0419 e. The minimum absolute atomic E-state index is 0.829. The van der Waals surface area contributed by atoms with Gasteiger partial charge in [0, 0.05) is 50.5 Å². The first kappa shape index (κ1) is 19.6. The van der Waals surface area contributed by atoms with E-state index < -0.39 is 0 Å². The van der Waals surface area contributed by atoms with Gasteiger partial charge in [-0.1, -0.05) is 18.2 Å². The molecule has 2 aliphatic rings. The van der Waals surface area contributed by atoms with E-state index in [9.17, 15) is 0 Å². The summed E-state index contributed by atoms with van der Waals surface area (Å²) in [6.07, 6.45) is 4.85. The topological polar surface area (TPSA) is 19.4 Å². The molecular weight excluding hydrogens is 342 g/mol. The fraction of sp³-hybridized carbons (Fsp3) is 0.560. The third-order valence-corrected chi connectivity index (χ3v) is 6.73. The number of aryl methyl sites for hydroxylation is 3. The molecule has 0 aliphatic carbocycles. The first-order valence-electron chi connectivity index (χ1n) is 11.0. The molecule has 1 aromatic carbocycles. The Bertz CT molecular complexity index is 780. The third kappa shape index (κ3) is 4.82. The predicted octanol–water partition coefficient (Wildman–Crippen LogP) is 3.97. The second-order valence-corrected chi connectivity index (χ2v) is 8.98. The van der Waals surface area contributed by atoms with Crippen molar-refractivity contribution in [3.8, 4) is 0 Å². The monoisotopic (exact) mass is 377 g/mol. The van der Waals surface area contributed by atoms with E-state index in [1.54, 1.807) is 11.1 Å². The highest BCUT2D eigenvalue weighted by atomic mass is 15.2. The number of pyridine rings is 1. The summed E-state index contributed by atoms with van der Waals surface area (Å²) in [5.74, 6) is 0.829. The molecule has 1 unspecified atom stereocenters. The van der Waals surface area contributed by atoms with Crippen LogP contribution in [-0.4, -0.2) is 54.1 Å². The molecule has 1 atom stereocenters. The number of fused-ring (bicyclic) bond motifs is 1. The summed E-state index contributed by atoms with van der Waals surface area (Å²) >= 11 is 0. The van der Waals surface area contributed by atoms with Crippen molar-refractivity contribution >= 4 is 0 Å². The Morgan fingerprint density at radius 2 is 1.64 bits per heavy atom. The maximum absolute atomic E-state index is 4.65. The van der Waals surface area contributed by atoms with Crippen LogP contribution in [0.1, 0.15) is 40.1 Å². The highest BCUT2D eigenvalue weighted by Gasteiger charge is 2.25. The van der Waals surface area contributed by atoms with E-state index in [-0.39, 0.29) is 0 Å². The van der Waals surface area contributed by atoms with Gasteiger partial charge in [-0.3, -0.25) is 4.98 Å². The van der Waals surface area contributed by atoms with Crippen molar-refractivity contribution in [1.29, 1.82) is 0 Å². The van der Waals surface area contributed by atoms with E-state index in [0.29, 0.717) is 0 Å². The van der Waals surface area contributed by atoms with Crippen molar-refractivity contribution in [2.75, 3.05) is 39.3 Å². The molecule has 3 heteroatoms. The number of likely N-dealkylation sites (tertiary alicyclic amines) is 1. The molecule has 0 saturated carbocycles. The summed E-state index contributed by atoms with van der Waals surface area (Å²) in [6, 6.07) is 11.2. The van der Waals surface area contributed by atoms with Gasteiger partial charge in [-0.2, -0.15) is 0 Å². The zero-order chi connectivity index (χ0) is 19.5. The Balaban J connectivity index is 1.25. The number of nitrogens with zero attached hydrogens (tertiary/aromatic N) is 3. The zero-order valence-electron chi connectivity index (χ0n) is 17.9.